The minimum Gasteiger partial charge on any atom is -0.481 e. The third-order valence-electron chi connectivity index (χ3n) is 8.38. The maximum Gasteiger partial charge on any atom is 0.223 e. The lowest BCUT2D eigenvalue weighted by atomic mass is 9.45. The lowest BCUT2D eigenvalue weighted by Gasteiger charge is -2.65. The van der Waals surface area contributed by atoms with Crippen molar-refractivity contribution < 1.29 is 19.4 Å². The molecule has 6 rings (SSSR count). The molecule has 2 heterocycles. The number of primary amides is 1. The molecule has 1 aromatic carbocycles. The topological polar surface area (TPSA) is 92.9 Å². The minimum absolute atomic E-state index is 0.0221. The Balaban J connectivity index is 1.59. The monoisotopic (exact) mass is 382 g/mol. The van der Waals surface area contributed by atoms with Crippen molar-refractivity contribution in [3.8, 4) is 5.75 Å². The summed E-state index contributed by atoms with van der Waals surface area (Å²) in [6.07, 6.45) is 4.24. The number of ketones is 1. The van der Waals surface area contributed by atoms with Crippen LogP contribution < -0.4 is 10.5 Å². The molecule has 3 N–H and O–H groups in total. The van der Waals surface area contributed by atoms with Crippen LogP contribution in [-0.4, -0.2) is 52.5 Å². The number of rotatable bonds is 3. The standard InChI is InChI=1S/C22H26N2O4/c23-20(26)14-11-24(10-12-3-1-4-12)17-9-13-5-2-6-16-18(13)22(14)19(28-16)15(25)7-8-21(17,22)27/h2,5-6,12,14,17,19,27H,1,3-4,7-11H2,(H2,23,26)/t14?,17-,19+,21-,22+/m1/s1. The van der Waals surface area contributed by atoms with Crippen molar-refractivity contribution in [1.29, 1.82) is 0 Å². The predicted octanol–water partition coefficient (Wildman–Crippen LogP) is 0.921. The lowest BCUT2D eigenvalue weighted by Crippen LogP contribution is -2.81. The molecule has 3 fully saturated rings. The zero-order valence-corrected chi connectivity index (χ0v) is 15.9. The highest BCUT2D eigenvalue weighted by atomic mass is 16.5. The normalized spacial score (nSPS) is 41.2. The fraction of sp³-hybridized carbons (Fsp3) is 0.636. The van der Waals surface area contributed by atoms with Crippen molar-refractivity contribution in [2.24, 2.45) is 17.6 Å². The van der Waals surface area contributed by atoms with Gasteiger partial charge in [0.2, 0.25) is 5.91 Å². The summed E-state index contributed by atoms with van der Waals surface area (Å²) in [7, 11) is 0. The first-order chi connectivity index (χ1) is 13.5. The van der Waals surface area contributed by atoms with Gasteiger partial charge in [-0.2, -0.15) is 0 Å². The van der Waals surface area contributed by atoms with E-state index in [0.29, 0.717) is 24.6 Å². The number of carbonyl (C=O) groups is 2. The van der Waals surface area contributed by atoms with Gasteiger partial charge in [0.1, 0.15) is 5.75 Å². The molecule has 5 aliphatic rings. The van der Waals surface area contributed by atoms with Gasteiger partial charge >= 0.3 is 0 Å². The first kappa shape index (κ1) is 17.0. The molecule has 0 radical (unpaired) electrons. The summed E-state index contributed by atoms with van der Waals surface area (Å²) in [5.74, 6) is 0.174. The van der Waals surface area contributed by atoms with Crippen LogP contribution in [0.25, 0.3) is 0 Å². The van der Waals surface area contributed by atoms with Gasteiger partial charge in [0.15, 0.2) is 11.9 Å². The molecule has 1 amide bonds. The highest BCUT2D eigenvalue weighted by Gasteiger charge is 2.77. The van der Waals surface area contributed by atoms with Crippen molar-refractivity contribution in [3.63, 3.8) is 0 Å². The average Bonchev–Trinajstić information content (AvgIpc) is 2.98. The lowest BCUT2D eigenvalue weighted by molar-refractivity contribution is -0.209. The molecule has 0 aromatic heterocycles. The quantitative estimate of drug-likeness (QED) is 0.811. The van der Waals surface area contributed by atoms with E-state index >= 15 is 0 Å². The fourth-order valence-corrected chi connectivity index (χ4v) is 7.02. The number of ether oxygens (including phenoxy) is 1. The van der Waals surface area contributed by atoms with Crippen LogP contribution in [0.15, 0.2) is 18.2 Å². The van der Waals surface area contributed by atoms with E-state index in [2.05, 4.69) is 11.0 Å². The van der Waals surface area contributed by atoms with E-state index < -0.39 is 28.9 Å². The van der Waals surface area contributed by atoms with E-state index in [1.807, 2.05) is 12.1 Å². The molecule has 1 spiro atoms. The average molecular weight is 382 g/mol. The Morgan fingerprint density at radius 2 is 2.18 bits per heavy atom. The van der Waals surface area contributed by atoms with E-state index in [0.717, 1.165) is 24.1 Å². The molecule has 3 aliphatic carbocycles. The number of benzene rings is 1. The third-order valence-corrected chi connectivity index (χ3v) is 8.38. The van der Waals surface area contributed by atoms with Crippen molar-refractivity contribution in [1.82, 2.24) is 4.90 Å². The summed E-state index contributed by atoms with van der Waals surface area (Å²) < 4.78 is 6.15. The second-order valence-corrected chi connectivity index (χ2v) is 9.47. The van der Waals surface area contributed by atoms with Crippen LogP contribution in [0.5, 0.6) is 5.75 Å². The van der Waals surface area contributed by atoms with Crippen LogP contribution in [0.3, 0.4) is 0 Å². The Hall–Kier alpha value is -1.92. The van der Waals surface area contributed by atoms with Gasteiger partial charge in [-0.1, -0.05) is 18.6 Å². The molecule has 1 unspecified atom stereocenters. The summed E-state index contributed by atoms with van der Waals surface area (Å²) in [5, 5.41) is 12.2. The number of amides is 1. The molecule has 2 aliphatic heterocycles. The van der Waals surface area contributed by atoms with Crippen molar-refractivity contribution in [2.45, 2.75) is 61.7 Å². The van der Waals surface area contributed by atoms with Crippen LogP contribution in [0, 0.1) is 11.8 Å². The van der Waals surface area contributed by atoms with E-state index in [1.54, 1.807) is 0 Å². The molecule has 2 bridgehead atoms. The number of hydrogen-bond donors (Lipinski definition) is 2. The Morgan fingerprint density at radius 3 is 2.89 bits per heavy atom. The number of likely N-dealkylation sites (tertiary alicyclic amines) is 1. The van der Waals surface area contributed by atoms with Gasteiger partial charge in [0.25, 0.3) is 0 Å². The second-order valence-electron chi connectivity index (χ2n) is 9.47. The number of hydrogen-bond acceptors (Lipinski definition) is 5. The Morgan fingerprint density at radius 1 is 1.36 bits per heavy atom. The summed E-state index contributed by atoms with van der Waals surface area (Å²) in [4.78, 5) is 28.0. The smallest absolute Gasteiger partial charge is 0.223 e. The SMILES string of the molecule is NC(=O)C1CN(CC2CCC2)[C@@H]2Cc3cccc4c3[C@]13[C@@H](O4)C(=O)CC[C@@]23O. The highest BCUT2D eigenvalue weighted by molar-refractivity contribution is 5.92. The summed E-state index contributed by atoms with van der Waals surface area (Å²) >= 11 is 0. The van der Waals surface area contributed by atoms with E-state index in [-0.39, 0.29) is 18.2 Å². The third kappa shape index (κ3) is 1.77. The van der Waals surface area contributed by atoms with Gasteiger partial charge in [-0.3, -0.25) is 14.5 Å². The van der Waals surface area contributed by atoms with E-state index in [1.165, 1.54) is 19.3 Å². The highest BCUT2D eigenvalue weighted by Crippen LogP contribution is 2.65. The fourth-order valence-electron chi connectivity index (χ4n) is 7.02. The van der Waals surface area contributed by atoms with Crippen LogP contribution in [0.2, 0.25) is 0 Å². The molecule has 148 valence electrons. The maximum atomic E-state index is 12.9. The van der Waals surface area contributed by atoms with Crippen LogP contribution in [0.4, 0.5) is 0 Å². The van der Waals surface area contributed by atoms with Crippen molar-refractivity contribution in [2.75, 3.05) is 13.1 Å². The second kappa shape index (κ2) is 5.36. The van der Waals surface area contributed by atoms with Crippen LogP contribution in [-0.2, 0) is 21.4 Å². The minimum atomic E-state index is -1.17. The van der Waals surface area contributed by atoms with Crippen molar-refractivity contribution >= 4 is 11.7 Å². The van der Waals surface area contributed by atoms with Gasteiger partial charge in [-0.05, 0) is 43.2 Å². The summed E-state index contributed by atoms with van der Waals surface area (Å²) in [6.45, 7) is 1.39. The first-order valence-corrected chi connectivity index (χ1v) is 10.5. The molecule has 2 saturated carbocycles. The molecule has 6 heteroatoms. The number of nitrogens with zero attached hydrogens (tertiary/aromatic N) is 1. The van der Waals surface area contributed by atoms with Gasteiger partial charge in [-0.25, -0.2) is 0 Å². The van der Waals surface area contributed by atoms with Crippen LogP contribution >= 0.6 is 0 Å². The number of aliphatic hydroxyl groups is 1. The van der Waals surface area contributed by atoms with E-state index in [4.69, 9.17) is 10.5 Å². The summed E-state index contributed by atoms with van der Waals surface area (Å²) in [6, 6.07) is 5.76. The Labute approximate surface area is 164 Å². The molecular formula is C22H26N2O4. The molecule has 28 heavy (non-hydrogen) atoms. The summed E-state index contributed by atoms with van der Waals surface area (Å²) in [5.41, 5.74) is 5.70. The van der Waals surface area contributed by atoms with Gasteiger partial charge in [0.05, 0.1) is 16.9 Å². The Bertz CT molecular complexity index is 897. The zero-order valence-electron chi connectivity index (χ0n) is 15.9. The predicted molar refractivity (Wildman–Crippen MR) is 101 cm³/mol. The number of Topliss-reactive ketones (excluding diaryl/α,β-unsaturated/α-hetero) is 1. The number of piperidine rings is 1. The molecule has 1 saturated heterocycles. The van der Waals surface area contributed by atoms with Crippen LogP contribution in [0.1, 0.15) is 43.2 Å². The molecule has 1 aromatic rings. The first-order valence-electron chi connectivity index (χ1n) is 10.5. The molecular weight excluding hydrogens is 356 g/mol. The van der Waals surface area contributed by atoms with Gasteiger partial charge in [-0.15, -0.1) is 0 Å². The molecule has 5 atom stereocenters. The number of nitrogens with two attached hydrogens (primary N) is 1. The van der Waals surface area contributed by atoms with Crippen molar-refractivity contribution in [3.05, 3.63) is 29.3 Å². The Kier molecular flexibility index (Phi) is 3.25. The van der Waals surface area contributed by atoms with E-state index in [9.17, 15) is 14.7 Å². The largest absolute Gasteiger partial charge is 0.481 e. The van der Waals surface area contributed by atoms with Gasteiger partial charge < -0.3 is 15.6 Å². The maximum absolute atomic E-state index is 12.9. The zero-order chi connectivity index (χ0) is 19.3. The molecule has 6 nitrogen and oxygen atoms in total. The van der Waals surface area contributed by atoms with Gasteiger partial charge in [0, 0.05) is 31.1 Å². The number of carbonyl (C=O) groups excluding carboxylic acids is 2.